The number of carbonyl (C=O) groups is 1. The quantitative estimate of drug-likeness (QED) is 0.630. The van der Waals surface area contributed by atoms with Crippen molar-refractivity contribution in [2.45, 2.75) is 38.7 Å². The molecular weight excluding hydrogens is 248 g/mol. The molecule has 0 aliphatic heterocycles. The van der Waals surface area contributed by atoms with Gasteiger partial charge in [0.05, 0.1) is 5.60 Å². The van der Waals surface area contributed by atoms with Crippen molar-refractivity contribution in [2.75, 3.05) is 20.3 Å². The Hall–Kier alpha value is -1.47. The van der Waals surface area contributed by atoms with Crippen LogP contribution in [0.2, 0.25) is 0 Å². The molecule has 0 radical (unpaired) electrons. The zero-order valence-electron chi connectivity index (χ0n) is 11.7. The summed E-state index contributed by atoms with van der Waals surface area (Å²) in [6.45, 7) is 4.24. The van der Waals surface area contributed by atoms with Crippen molar-refractivity contribution in [3.63, 3.8) is 0 Å². The number of H-pyrrole nitrogens is 1. The number of nitrogens with one attached hydrogen (secondary N) is 2. The molecule has 0 saturated carbocycles. The van der Waals surface area contributed by atoms with Gasteiger partial charge in [-0.2, -0.15) is 0 Å². The Balaban J connectivity index is 2.45. The van der Waals surface area contributed by atoms with Gasteiger partial charge < -0.3 is 15.2 Å². The summed E-state index contributed by atoms with van der Waals surface area (Å²) in [5.74, 6) is 0.404. The molecule has 19 heavy (non-hydrogen) atoms. The Morgan fingerprint density at radius 3 is 2.95 bits per heavy atom. The largest absolute Gasteiger partial charge is 0.388 e. The van der Waals surface area contributed by atoms with Gasteiger partial charge in [0, 0.05) is 33.1 Å². The van der Waals surface area contributed by atoms with Crippen molar-refractivity contribution in [3.8, 4) is 0 Å². The van der Waals surface area contributed by atoms with Crippen LogP contribution in [-0.4, -0.2) is 52.1 Å². The Labute approximate surface area is 112 Å². The van der Waals surface area contributed by atoms with E-state index in [2.05, 4.69) is 20.5 Å². The van der Waals surface area contributed by atoms with Crippen molar-refractivity contribution in [1.29, 1.82) is 0 Å². The molecule has 0 aliphatic rings. The van der Waals surface area contributed by atoms with Crippen LogP contribution >= 0.6 is 0 Å². The van der Waals surface area contributed by atoms with E-state index in [4.69, 9.17) is 4.74 Å². The van der Waals surface area contributed by atoms with Gasteiger partial charge in [0.2, 0.25) is 5.82 Å². The number of carbonyl (C=O) groups excluding carboxylic acids is 1. The fourth-order valence-corrected chi connectivity index (χ4v) is 1.51. The number of hydrogen-bond acceptors (Lipinski definition) is 5. The number of aliphatic hydroxyl groups is 1. The SMILES string of the molecule is CCCc1nc(C(=O)NCC(C)(O)CCOC)n[nH]1. The van der Waals surface area contributed by atoms with Gasteiger partial charge in [-0.1, -0.05) is 6.92 Å². The zero-order chi connectivity index (χ0) is 14.3. The molecule has 1 aromatic rings. The Bertz CT molecular complexity index is 403. The van der Waals surface area contributed by atoms with Crippen LogP contribution in [0.4, 0.5) is 0 Å². The van der Waals surface area contributed by atoms with Gasteiger partial charge in [0.25, 0.3) is 5.91 Å². The van der Waals surface area contributed by atoms with Crippen LogP contribution < -0.4 is 5.32 Å². The first-order valence-electron chi connectivity index (χ1n) is 6.39. The van der Waals surface area contributed by atoms with Crippen LogP contribution in [-0.2, 0) is 11.2 Å². The first-order chi connectivity index (χ1) is 8.98. The van der Waals surface area contributed by atoms with E-state index in [9.17, 15) is 9.90 Å². The third-order valence-electron chi connectivity index (χ3n) is 2.70. The first-order valence-corrected chi connectivity index (χ1v) is 6.39. The molecule has 3 N–H and O–H groups in total. The molecule has 0 aliphatic carbocycles. The average molecular weight is 270 g/mol. The summed E-state index contributed by atoms with van der Waals surface area (Å²) in [4.78, 5) is 15.9. The van der Waals surface area contributed by atoms with E-state index in [0.717, 1.165) is 12.8 Å². The molecule has 0 bridgehead atoms. The molecule has 1 heterocycles. The molecular formula is C12H22N4O3. The van der Waals surface area contributed by atoms with Crippen molar-refractivity contribution in [1.82, 2.24) is 20.5 Å². The first kappa shape index (κ1) is 15.6. The van der Waals surface area contributed by atoms with Crippen molar-refractivity contribution in [3.05, 3.63) is 11.6 Å². The topological polar surface area (TPSA) is 100 Å². The number of rotatable bonds is 8. The normalized spacial score (nSPS) is 14.1. The van der Waals surface area contributed by atoms with Gasteiger partial charge >= 0.3 is 0 Å². The summed E-state index contributed by atoms with van der Waals surface area (Å²) in [5, 5.41) is 19.2. The molecule has 0 fully saturated rings. The van der Waals surface area contributed by atoms with Gasteiger partial charge in [-0.15, -0.1) is 5.10 Å². The Kier molecular flexibility index (Phi) is 5.91. The molecule has 0 aromatic carbocycles. The molecule has 1 amide bonds. The zero-order valence-corrected chi connectivity index (χ0v) is 11.7. The highest BCUT2D eigenvalue weighted by Crippen LogP contribution is 2.07. The second-order valence-corrected chi connectivity index (χ2v) is 4.78. The third-order valence-corrected chi connectivity index (χ3v) is 2.70. The second kappa shape index (κ2) is 7.20. The van der Waals surface area contributed by atoms with Gasteiger partial charge in [0.15, 0.2) is 0 Å². The molecule has 0 spiro atoms. The number of aromatic amines is 1. The summed E-state index contributed by atoms with van der Waals surface area (Å²) in [5.41, 5.74) is -1.01. The van der Waals surface area contributed by atoms with Gasteiger partial charge in [0.1, 0.15) is 5.82 Å². The number of amides is 1. The van der Waals surface area contributed by atoms with Crippen LogP contribution in [0.1, 0.15) is 43.1 Å². The number of aryl methyl sites for hydroxylation is 1. The minimum Gasteiger partial charge on any atom is -0.388 e. The van der Waals surface area contributed by atoms with Gasteiger partial charge in [-0.25, -0.2) is 4.98 Å². The standard InChI is InChI=1S/C12H22N4O3/c1-4-5-9-14-10(16-15-9)11(17)13-8-12(2,18)6-7-19-3/h18H,4-8H2,1-3H3,(H,13,17)(H,14,15,16). The van der Waals surface area contributed by atoms with Crippen LogP contribution in [0.3, 0.4) is 0 Å². The van der Waals surface area contributed by atoms with Crippen molar-refractivity contribution in [2.24, 2.45) is 0 Å². The lowest BCUT2D eigenvalue weighted by molar-refractivity contribution is 0.0242. The molecule has 1 rings (SSSR count). The third kappa shape index (κ3) is 5.35. The van der Waals surface area contributed by atoms with E-state index in [-0.39, 0.29) is 12.4 Å². The van der Waals surface area contributed by atoms with E-state index >= 15 is 0 Å². The predicted molar refractivity (Wildman–Crippen MR) is 69.8 cm³/mol. The maximum Gasteiger partial charge on any atom is 0.291 e. The molecule has 108 valence electrons. The maximum atomic E-state index is 11.8. The Morgan fingerprint density at radius 1 is 1.58 bits per heavy atom. The number of aromatic nitrogens is 3. The monoisotopic (exact) mass is 270 g/mol. The van der Waals surface area contributed by atoms with E-state index in [0.29, 0.717) is 18.9 Å². The van der Waals surface area contributed by atoms with Crippen LogP contribution in [0.5, 0.6) is 0 Å². The Morgan fingerprint density at radius 2 is 2.32 bits per heavy atom. The van der Waals surface area contributed by atoms with Crippen LogP contribution in [0, 0.1) is 0 Å². The van der Waals surface area contributed by atoms with Crippen LogP contribution in [0.15, 0.2) is 0 Å². The summed E-state index contributed by atoms with van der Waals surface area (Å²) >= 11 is 0. The highest BCUT2D eigenvalue weighted by atomic mass is 16.5. The molecule has 1 atom stereocenters. The summed E-state index contributed by atoms with van der Waals surface area (Å²) in [6, 6.07) is 0. The molecule has 1 aromatic heterocycles. The average Bonchev–Trinajstić information content (AvgIpc) is 2.83. The summed E-state index contributed by atoms with van der Waals surface area (Å²) < 4.78 is 4.90. The second-order valence-electron chi connectivity index (χ2n) is 4.78. The highest BCUT2D eigenvalue weighted by molar-refractivity contribution is 5.90. The number of methoxy groups -OCH3 is 1. The number of nitrogens with zero attached hydrogens (tertiary/aromatic N) is 2. The van der Waals surface area contributed by atoms with E-state index < -0.39 is 11.5 Å². The fraction of sp³-hybridized carbons (Fsp3) is 0.750. The van der Waals surface area contributed by atoms with Crippen LogP contribution in [0.25, 0.3) is 0 Å². The van der Waals surface area contributed by atoms with Crippen molar-refractivity contribution >= 4 is 5.91 Å². The van der Waals surface area contributed by atoms with Crippen molar-refractivity contribution < 1.29 is 14.6 Å². The fourth-order valence-electron chi connectivity index (χ4n) is 1.51. The lowest BCUT2D eigenvalue weighted by Gasteiger charge is -2.22. The number of ether oxygens (including phenoxy) is 1. The number of hydrogen-bond donors (Lipinski definition) is 3. The predicted octanol–water partition coefficient (Wildman–Crippen LogP) is 0.274. The van der Waals surface area contributed by atoms with E-state index in [1.54, 1.807) is 14.0 Å². The summed E-state index contributed by atoms with van der Waals surface area (Å²) in [6.07, 6.45) is 2.13. The van der Waals surface area contributed by atoms with E-state index in [1.807, 2.05) is 6.92 Å². The smallest absolute Gasteiger partial charge is 0.291 e. The highest BCUT2D eigenvalue weighted by Gasteiger charge is 2.22. The molecule has 0 saturated heterocycles. The van der Waals surface area contributed by atoms with Gasteiger partial charge in [-0.3, -0.25) is 9.89 Å². The lowest BCUT2D eigenvalue weighted by Crippen LogP contribution is -2.41. The molecule has 7 nitrogen and oxygen atoms in total. The lowest BCUT2D eigenvalue weighted by atomic mass is 10.0. The van der Waals surface area contributed by atoms with E-state index in [1.165, 1.54) is 0 Å². The minimum atomic E-state index is -1.01. The molecule has 7 heteroatoms. The molecule has 1 unspecified atom stereocenters. The summed E-state index contributed by atoms with van der Waals surface area (Å²) in [7, 11) is 1.57. The van der Waals surface area contributed by atoms with Gasteiger partial charge in [-0.05, 0) is 13.3 Å². The maximum absolute atomic E-state index is 11.8. The minimum absolute atomic E-state index is 0.103.